The summed E-state index contributed by atoms with van der Waals surface area (Å²) in [5.41, 5.74) is 2.43. The first kappa shape index (κ1) is 13.5. The molecule has 3 rings (SSSR count). The molecular weight excluding hydrogens is 264 g/mol. The number of benzene rings is 2. The summed E-state index contributed by atoms with van der Waals surface area (Å²) in [6.07, 6.45) is 0.263. The molecule has 0 bridgehead atoms. The van der Waals surface area contributed by atoms with E-state index in [9.17, 15) is 9.90 Å². The molecule has 0 spiro atoms. The largest absolute Gasteiger partial charge is 0.396 e. The van der Waals surface area contributed by atoms with E-state index in [-0.39, 0.29) is 24.9 Å². The van der Waals surface area contributed by atoms with Crippen LogP contribution in [-0.2, 0) is 4.79 Å². The smallest absolute Gasteiger partial charge is 0.248 e. The quantitative estimate of drug-likeness (QED) is 0.938. The SMILES string of the molecule is O=C1CC(CO)C(c2ccccc2)=NN1c1ccccc1. The van der Waals surface area contributed by atoms with E-state index >= 15 is 0 Å². The summed E-state index contributed by atoms with van der Waals surface area (Å²) in [6, 6.07) is 19.0. The van der Waals surface area contributed by atoms with Crippen LogP contribution in [-0.4, -0.2) is 23.3 Å². The third-order valence-electron chi connectivity index (χ3n) is 3.54. The van der Waals surface area contributed by atoms with E-state index < -0.39 is 0 Å². The van der Waals surface area contributed by atoms with Crippen LogP contribution in [0.4, 0.5) is 5.69 Å². The molecule has 0 radical (unpaired) electrons. The molecule has 1 aliphatic heterocycles. The number of amides is 1. The Balaban J connectivity index is 2.04. The van der Waals surface area contributed by atoms with E-state index in [2.05, 4.69) is 5.10 Å². The van der Waals surface area contributed by atoms with Gasteiger partial charge in [-0.15, -0.1) is 0 Å². The van der Waals surface area contributed by atoms with Crippen molar-refractivity contribution in [2.45, 2.75) is 6.42 Å². The molecule has 1 atom stereocenters. The molecule has 1 N–H and O–H groups in total. The number of hydrogen-bond donors (Lipinski definition) is 1. The fourth-order valence-corrected chi connectivity index (χ4v) is 2.46. The fraction of sp³-hybridized carbons (Fsp3) is 0.176. The van der Waals surface area contributed by atoms with E-state index in [4.69, 9.17) is 0 Å². The van der Waals surface area contributed by atoms with Gasteiger partial charge in [-0.3, -0.25) is 4.79 Å². The minimum atomic E-state index is -0.250. The number of hydrazone groups is 1. The van der Waals surface area contributed by atoms with Gasteiger partial charge in [0, 0.05) is 12.3 Å². The van der Waals surface area contributed by atoms with Crippen LogP contribution in [0.1, 0.15) is 12.0 Å². The molecule has 1 amide bonds. The van der Waals surface area contributed by atoms with E-state index in [0.29, 0.717) is 0 Å². The summed E-state index contributed by atoms with van der Waals surface area (Å²) in [6.45, 7) is -0.0813. The summed E-state index contributed by atoms with van der Waals surface area (Å²) >= 11 is 0. The maximum Gasteiger partial charge on any atom is 0.248 e. The Morgan fingerprint density at radius 2 is 1.67 bits per heavy atom. The number of carbonyl (C=O) groups is 1. The number of aliphatic hydroxyl groups is 1. The summed E-state index contributed by atoms with van der Waals surface area (Å²) in [5, 5.41) is 15.5. The predicted octanol–water partition coefficient (Wildman–Crippen LogP) is 2.44. The van der Waals surface area contributed by atoms with E-state index in [0.717, 1.165) is 17.0 Å². The molecular formula is C17H16N2O2. The van der Waals surface area contributed by atoms with Crippen LogP contribution in [0, 0.1) is 5.92 Å². The van der Waals surface area contributed by atoms with Crippen molar-refractivity contribution in [2.24, 2.45) is 11.0 Å². The standard InChI is InChI=1S/C17H16N2O2/c20-12-14-11-16(21)19(15-9-5-2-6-10-15)18-17(14)13-7-3-1-4-8-13/h1-10,14,20H,11-12H2. The number of anilines is 1. The molecule has 0 saturated carbocycles. The average Bonchev–Trinajstić information content (AvgIpc) is 2.56. The second-order valence-electron chi connectivity index (χ2n) is 4.98. The lowest BCUT2D eigenvalue weighted by atomic mass is 9.92. The van der Waals surface area contributed by atoms with Gasteiger partial charge >= 0.3 is 0 Å². The normalized spacial score (nSPS) is 18.5. The van der Waals surface area contributed by atoms with Gasteiger partial charge in [0.1, 0.15) is 0 Å². The molecule has 106 valence electrons. The molecule has 4 nitrogen and oxygen atoms in total. The van der Waals surface area contributed by atoms with Crippen molar-refractivity contribution in [1.82, 2.24) is 0 Å². The summed E-state index contributed by atoms with van der Waals surface area (Å²) < 4.78 is 0. The first-order chi connectivity index (χ1) is 10.3. The van der Waals surface area contributed by atoms with E-state index in [1.807, 2.05) is 60.7 Å². The zero-order chi connectivity index (χ0) is 14.7. The molecule has 1 heterocycles. The molecule has 0 saturated heterocycles. The molecule has 2 aromatic carbocycles. The minimum Gasteiger partial charge on any atom is -0.396 e. The first-order valence-corrected chi connectivity index (χ1v) is 6.92. The van der Waals surface area contributed by atoms with Gasteiger partial charge in [0.05, 0.1) is 18.0 Å². The first-order valence-electron chi connectivity index (χ1n) is 6.92. The van der Waals surface area contributed by atoms with Gasteiger partial charge in [-0.2, -0.15) is 5.10 Å². The van der Waals surface area contributed by atoms with Crippen LogP contribution in [0.15, 0.2) is 65.8 Å². The third kappa shape index (κ3) is 2.71. The van der Waals surface area contributed by atoms with Gasteiger partial charge in [0.2, 0.25) is 5.91 Å². The zero-order valence-corrected chi connectivity index (χ0v) is 11.5. The number of rotatable bonds is 3. The van der Waals surface area contributed by atoms with Crippen LogP contribution < -0.4 is 5.01 Å². The van der Waals surface area contributed by atoms with Crippen molar-refractivity contribution in [3.63, 3.8) is 0 Å². The lowest BCUT2D eigenvalue weighted by molar-refractivity contribution is -0.119. The third-order valence-corrected chi connectivity index (χ3v) is 3.54. The zero-order valence-electron chi connectivity index (χ0n) is 11.5. The Bertz CT molecular complexity index is 653. The molecule has 0 fully saturated rings. The summed E-state index contributed by atoms with van der Waals surface area (Å²) in [7, 11) is 0. The van der Waals surface area contributed by atoms with Gasteiger partial charge in [-0.25, -0.2) is 5.01 Å². The number of hydrogen-bond acceptors (Lipinski definition) is 3. The van der Waals surface area contributed by atoms with Crippen molar-refractivity contribution < 1.29 is 9.90 Å². The molecule has 0 aromatic heterocycles. The Kier molecular flexibility index (Phi) is 3.79. The van der Waals surface area contributed by atoms with Gasteiger partial charge in [-0.1, -0.05) is 48.5 Å². The second kappa shape index (κ2) is 5.89. The molecule has 21 heavy (non-hydrogen) atoms. The van der Waals surface area contributed by atoms with Gasteiger partial charge in [0.15, 0.2) is 0 Å². The van der Waals surface area contributed by atoms with Crippen molar-refractivity contribution in [3.05, 3.63) is 66.2 Å². The van der Waals surface area contributed by atoms with Gasteiger partial charge in [0.25, 0.3) is 0 Å². The number of para-hydroxylation sites is 1. The average molecular weight is 280 g/mol. The highest BCUT2D eigenvalue weighted by atomic mass is 16.3. The highest BCUT2D eigenvalue weighted by Gasteiger charge is 2.30. The number of carbonyl (C=O) groups excluding carboxylic acids is 1. The maximum absolute atomic E-state index is 12.2. The van der Waals surface area contributed by atoms with Crippen molar-refractivity contribution in [1.29, 1.82) is 0 Å². The van der Waals surface area contributed by atoms with Crippen molar-refractivity contribution in [3.8, 4) is 0 Å². The van der Waals surface area contributed by atoms with Crippen LogP contribution in [0.5, 0.6) is 0 Å². The maximum atomic E-state index is 12.2. The Labute approximate surface area is 123 Å². The van der Waals surface area contributed by atoms with E-state index in [1.54, 1.807) is 0 Å². The minimum absolute atomic E-state index is 0.0813. The fourth-order valence-electron chi connectivity index (χ4n) is 2.46. The number of aliphatic hydroxyl groups excluding tert-OH is 1. The monoisotopic (exact) mass is 280 g/mol. The second-order valence-corrected chi connectivity index (χ2v) is 4.98. The Morgan fingerprint density at radius 1 is 1.05 bits per heavy atom. The molecule has 1 unspecified atom stereocenters. The Hall–Kier alpha value is -2.46. The van der Waals surface area contributed by atoms with E-state index in [1.165, 1.54) is 5.01 Å². The summed E-state index contributed by atoms with van der Waals surface area (Å²) in [4.78, 5) is 12.2. The van der Waals surface area contributed by atoms with Crippen LogP contribution in [0.25, 0.3) is 0 Å². The van der Waals surface area contributed by atoms with Crippen molar-refractivity contribution >= 4 is 17.3 Å². The van der Waals surface area contributed by atoms with Gasteiger partial charge in [-0.05, 0) is 17.7 Å². The topological polar surface area (TPSA) is 52.9 Å². The van der Waals surface area contributed by atoms with Crippen LogP contribution in [0.2, 0.25) is 0 Å². The molecule has 0 aliphatic carbocycles. The lowest BCUT2D eigenvalue weighted by Crippen LogP contribution is -2.38. The Morgan fingerprint density at radius 3 is 2.29 bits per heavy atom. The molecule has 1 aliphatic rings. The highest BCUT2D eigenvalue weighted by molar-refractivity contribution is 6.10. The van der Waals surface area contributed by atoms with Crippen LogP contribution >= 0.6 is 0 Å². The predicted molar refractivity (Wildman–Crippen MR) is 82.1 cm³/mol. The van der Waals surface area contributed by atoms with Crippen molar-refractivity contribution in [2.75, 3.05) is 11.6 Å². The molecule has 2 aromatic rings. The highest BCUT2D eigenvalue weighted by Crippen LogP contribution is 2.25. The van der Waals surface area contributed by atoms with Gasteiger partial charge < -0.3 is 5.11 Å². The summed E-state index contributed by atoms with van der Waals surface area (Å²) in [5.74, 6) is -0.347. The van der Waals surface area contributed by atoms with Crippen LogP contribution in [0.3, 0.4) is 0 Å². The lowest BCUT2D eigenvalue weighted by Gasteiger charge is -2.28. The molecule has 4 heteroatoms. The number of nitrogens with zero attached hydrogens (tertiary/aromatic N) is 2.